The van der Waals surface area contributed by atoms with E-state index in [1.807, 2.05) is 6.92 Å². The van der Waals surface area contributed by atoms with Gasteiger partial charge < -0.3 is 15.2 Å². The summed E-state index contributed by atoms with van der Waals surface area (Å²) in [5, 5.41) is 0. The number of nitrogens with zero attached hydrogens (tertiary/aromatic N) is 1. The van der Waals surface area contributed by atoms with Crippen molar-refractivity contribution in [1.82, 2.24) is 4.98 Å². The van der Waals surface area contributed by atoms with Crippen LogP contribution in [0.15, 0.2) is 36.4 Å². The van der Waals surface area contributed by atoms with Crippen molar-refractivity contribution in [3.63, 3.8) is 0 Å². The normalized spacial score (nSPS) is 10.3. The topological polar surface area (TPSA) is 57.4 Å². The first-order valence-corrected chi connectivity index (χ1v) is 5.99. The third-order valence-corrected chi connectivity index (χ3v) is 2.44. The molecule has 2 aromatic rings. The van der Waals surface area contributed by atoms with Crippen LogP contribution in [0.2, 0.25) is 0 Å². The maximum Gasteiger partial charge on any atom is 0.222 e. The average molecular weight is 262 g/mol. The third kappa shape index (κ3) is 3.42. The van der Waals surface area contributed by atoms with Gasteiger partial charge in [-0.1, -0.05) is 12.1 Å². The molecule has 5 heteroatoms. The monoisotopic (exact) mass is 262 g/mol. The Bertz CT molecular complexity index is 561. The molecule has 0 aliphatic rings. The van der Waals surface area contributed by atoms with Crippen molar-refractivity contribution in [1.29, 1.82) is 0 Å². The zero-order valence-electron chi connectivity index (χ0n) is 10.6. The molecule has 2 N–H and O–H groups in total. The van der Waals surface area contributed by atoms with Crippen molar-refractivity contribution in [3.8, 4) is 17.5 Å². The van der Waals surface area contributed by atoms with E-state index < -0.39 is 5.82 Å². The Morgan fingerprint density at radius 1 is 1.21 bits per heavy atom. The Kier molecular flexibility index (Phi) is 4.30. The number of pyridine rings is 1. The number of halogens is 1. The summed E-state index contributed by atoms with van der Waals surface area (Å²) in [5.41, 5.74) is 6.15. The van der Waals surface area contributed by atoms with Crippen LogP contribution in [0, 0.1) is 5.82 Å². The minimum absolute atomic E-state index is 0.110. The van der Waals surface area contributed by atoms with Crippen molar-refractivity contribution in [2.45, 2.75) is 13.5 Å². The molecule has 0 atom stereocenters. The summed E-state index contributed by atoms with van der Waals surface area (Å²) >= 11 is 0. The summed E-state index contributed by atoms with van der Waals surface area (Å²) in [6, 6.07) is 9.68. The maximum atomic E-state index is 13.7. The quantitative estimate of drug-likeness (QED) is 0.900. The second-order valence-corrected chi connectivity index (χ2v) is 3.82. The van der Waals surface area contributed by atoms with Crippen LogP contribution < -0.4 is 15.2 Å². The molecule has 0 unspecified atom stereocenters. The van der Waals surface area contributed by atoms with Gasteiger partial charge in [-0.15, -0.1) is 0 Å². The predicted molar refractivity (Wildman–Crippen MR) is 69.8 cm³/mol. The standard InChI is InChI=1S/C14H15FN2O2/c1-2-18-13-4-3-5-14(17-13)19-12-7-6-10(9-16)8-11(12)15/h3-8H,2,9,16H2,1H3. The lowest BCUT2D eigenvalue weighted by Crippen LogP contribution is -1.99. The highest BCUT2D eigenvalue weighted by atomic mass is 19.1. The first kappa shape index (κ1) is 13.3. The molecule has 1 aromatic carbocycles. The summed E-state index contributed by atoms with van der Waals surface area (Å²) in [5.74, 6) is 0.370. The first-order chi connectivity index (χ1) is 9.22. The molecule has 4 nitrogen and oxygen atoms in total. The number of benzene rings is 1. The van der Waals surface area contributed by atoms with E-state index in [1.54, 1.807) is 24.3 Å². The number of aromatic nitrogens is 1. The number of hydrogen-bond donors (Lipinski definition) is 1. The molecule has 1 heterocycles. The van der Waals surface area contributed by atoms with Gasteiger partial charge in [0.25, 0.3) is 0 Å². The fraction of sp³-hybridized carbons (Fsp3) is 0.214. The van der Waals surface area contributed by atoms with Gasteiger partial charge in [-0.2, -0.15) is 4.98 Å². The summed E-state index contributed by atoms with van der Waals surface area (Å²) in [6.45, 7) is 2.66. The molecular formula is C14H15FN2O2. The Hall–Kier alpha value is -2.14. The largest absolute Gasteiger partial charge is 0.478 e. The lowest BCUT2D eigenvalue weighted by molar-refractivity contribution is 0.320. The van der Waals surface area contributed by atoms with Gasteiger partial charge in [0.1, 0.15) is 0 Å². The van der Waals surface area contributed by atoms with E-state index in [1.165, 1.54) is 12.1 Å². The number of rotatable bonds is 5. The average Bonchev–Trinajstić information content (AvgIpc) is 2.42. The number of hydrogen-bond acceptors (Lipinski definition) is 4. The van der Waals surface area contributed by atoms with Crippen molar-refractivity contribution in [3.05, 3.63) is 47.8 Å². The van der Waals surface area contributed by atoms with E-state index in [2.05, 4.69) is 4.98 Å². The fourth-order valence-electron chi connectivity index (χ4n) is 1.55. The molecule has 0 radical (unpaired) electrons. The molecule has 0 spiro atoms. The molecule has 0 saturated carbocycles. The fourth-order valence-corrected chi connectivity index (χ4v) is 1.55. The van der Waals surface area contributed by atoms with Crippen LogP contribution in [-0.2, 0) is 6.54 Å². The third-order valence-electron chi connectivity index (χ3n) is 2.44. The lowest BCUT2D eigenvalue weighted by Gasteiger charge is -2.08. The van der Waals surface area contributed by atoms with E-state index >= 15 is 0 Å². The highest BCUT2D eigenvalue weighted by Gasteiger charge is 2.07. The van der Waals surface area contributed by atoms with Gasteiger partial charge >= 0.3 is 0 Å². The highest BCUT2D eigenvalue weighted by molar-refractivity contribution is 5.33. The summed E-state index contributed by atoms with van der Waals surface area (Å²) in [4.78, 5) is 4.11. The summed E-state index contributed by atoms with van der Waals surface area (Å²) in [7, 11) is 0. The van der Waals surface area contributed by atoms with Crippen molar-refractivity contribution in [2.75, 3.05) is 6.61 Å². The van der Waals surface area contributed by atoms with E-state index in [-0.39, 0.29) is 18.2 Å². The van der Waals surface area contributed by atoms with Crippen molar-refractivity contribution in [2.24, 2.45) is 5.73 Å². The van der Waals surface area contributed by atoms with Gasteiger partial charge in [-0.25, -0.2) is 4.39 Å². The SMILES string of the molecule is CCOc1cccc(Oc2ccc(CN)cc2F)n1. The van der Waals surface area contributed by atoms with E-state index in [9.17, 15) is 4.39 Å². The molecule has 0 amide bonds. The number of ether oxygens (including phenoxy) is 2. The Balaban J connectivity index is 2.18. The molecule has 0 fully saturated rings. The van der Waals surface area contributed by atoms with Crippen LogP contribution in [0.3, 0.4) is 0 Å². The van der Waals surface area contributed by atoms with Crippen LogP contribution in [0.25, 0.3) is 0 Å². The van der Waals surface area contributed by atoms with Gasteiger partial charge in [0.05, 0.1) is 6.61 Å². The molecule has 1 aromatic heterocycles. The van der Waals surface area contributed by atoms with Gasteiger partial charge in [-0.05, 0) is 24.6 Å². The van der Waals surface area contributed by atoms with Gasteiger partial charge in [0, 0.05) is 18.7 Å². The maximum absolute atomic E-state index is 13.7. The van der Waals surface area contributed by atoms with Gasteiger partial charge in [-0.3, -0.25) is 0 Å². The Labute approximate surface area is 111 Å². The van der Waals surface area contributed by atoms with Crippen LogP contribution >= 0.6 is 0 Å². The zero-order valence-corrected chi connectivity index (χ0v) is 10.6. The van der Waals surface area contributed by atoms with Gasteiger partial charge in [0.2, 0.25) is 11.8 Å². The van der Waals surface area contributed by atoms with E-state index in [0.717, 1.165) is 0 Å². The predicted octanol–water partition coefficient (Wildman–Crippen LogP) is 2.87. The summed E-state index contributed by atoms with van der Waals surface area (Å²) in [6.07, 6.45) is 0. The zero-order chi connectivity index (χ0) is 13.7. The minimum Gasteiger partial charge on any atom is -0.478 e. The highest BCUT2D eigenvalue weighted by Crippen LogP contribution is 2.25. The van der Waals surface area contributed by atoms with Gasteiger partial charge in [0.15, 0.2) is 11.6 Å². The Morgan fingerprint density at radius 3 is 2.68 bits per heavy atom. The molecule has 0 aliphatic heterocycles. The van der Waals surface area contributed by atoms with Crippen LogP contribution in [0.1, 0.15) is 12.5 Å². The Morgan fingerprint density at radius 2 is 2.00 bits per heavy atom. The van der Waals surface area contributed by atoms with E-state index in [4.69, 9.17) is 15.2 Å². The van der Waals surface area contributed by atoms with Crippen molar-refractivity contribution < 1.29 is 13.9 Å². The molecule has 2 rings (SSSR count). The molecule has 0 saturated heterocycles. The second kappa shape index (κ2) is 6.15. The molecular weight excluding hydrogens is 247 g/mol. The summed E-state index contributed by atoms with van der Waals surface area (Å²) < 4.78 is 24.4. The minimum atomic E-state index is -0.466. The molecule has 0 bridgehead atoms. The molecule has 100 valence electrons. The molecule has 19 heavy (non-hydrogen) atoms. The second-order valence-electron chi connectivity index (χ2n) is 3.82. The molecule has 0 aliphatic carbocycles. The van der Waals surface area contributed by atoms with Crippen LogP contribution in [-0.4, -0.2) is 11.6 Å². The first-order valence-electron chi connectivity index (χ1n) is 5.99. The lowest BCUT2D eigenvalue weighted by atomic mass is 10.2. The van der Waals surface area contributed by atoms with Crippen LogP contribution in [0.4, 0.5) is 4.39 Å². The van der Waals surface area contributed by atoms with Crippen molar-refractivity contribution >= 4 is 0 Å². The van der Waals surface area contributed by atoms with E-state index in [0.29, 0.717) is 18.1 Å². The number of nitrogens with two attached hydrogens (primary N) is 1. The smallest absolute Gasteiger partial charge is 0.222 e. The van der Waals surface area contributed by atoms with Crippen LogP contribution in [0.5, 0.6) is 17.5 Å².